The van der Waals surface area contributed by atoms with Crippen LogP contribution in [0, 0.1) is 41.7 Å². The Balaban J connectivity index is 0.000000319. The molecule has 0 radical (unpaired) electrons. The highest BCUT2D eigenvalue weighted by atomic mass is 17.2. The van der Waals surface area contributed by atoms with Crippen LogP contribution in [0.3, 0.4) is 0 Å². The fourth-order valence-electron chi connectivity index (χ4n) is 4.11. The van der Waals surface area contributed by atoms with E-state index in [0.29, 0.717) is 0 Å². The normalized spacial score (nSPS) is 13.5. The van der Waals surface area contributed by atoms with Crippen molar-refractivity contribution in [3.63, 3.8) is 0 Å². The Hall–Kier alpha value is -3.20. The minimum Gasteiger partial charge on any atom is -0.237 e. The quantitative estimate of drug-likeness (QED) is 0.332. The van der Waals surface area contributed by atoms with E-state index in [1.165, 1.54) is 41.7 Å². The maximum atomic E-state index is 4.44. The number of fused-ring (bicyclic) bond motifs is 4. The van der Waals surface area contributed by atoms with Crippen LogP contribution in [0.2, 0.25) is 0 Å². The van der Waals surface area contributed by atoms with Crippen LogP contribution in [0.1, 0.15) is 6.42 Å². The molecule has 0 aromatic heterocycles. The van der Waals surface area contributed by atoms with E-state index in [4.69, 9.17) is 0 Å². The number of benzene rings is 4. The van der Waals surface area contributed by atoms with Gasteiger partial charge in [-0.1, -0.05) is 97.1 Å². The van der Waals surface area contributed by atoms with Gasteiger partial charge in [-0.2, -0.15) is 0 Å². The van der Waals surface area contributed by atoms with Crippen molar-refractivity contribution in [3.8, 4) is 0 Å². The SMILES string of the molecule is C1COOC1.c1ccc2c(c1)=c1ccccc1=c1ccccc1=c1ccccc1=2. The molecule has 4 aromatic carbocycles. The van der Waals surface area contributed by atoms with Crippen LogP contribution < -0.4 is 0 Å². The summed E-state index contributed by atoms with van der Waals surface area (Å²) in [7, 11) is 0. The second-order valence-corrected chi connectivity index (χ2v) is 7.18. The summed E-state index contributed by atoms with van der Waals surface area (Å²) in [5, 5.41) is 10.4. The van der Waals surface area contributed by atoms with E-state index in [-0.39, 0.29) is 0 Å². The summed E-state index contributed by atoms with van der Waals surface area (Å²) < 4.78 is 0. The molecule has 0 atom stereocenters. The first kappa shape index (κ1) is 17.9. The lowest BCUT2D eigenvalue weighted by atomic mass is 10.0. The van der Waals surface area contributed by atoms with Gasteiger partial charge in [0.15, 0.2) is 0 Å². The second kappa shape index (κ2) is 8.04. The van der Waals surface area contributed by atoms with Crippen molar-refractivity contribution >= 4 is 0 Å². The van der Waals surface area contributed by atoms with Crippen molar-refractivity contribution in [2.45, 2.75) is 6.42 Å². The summed E-state index contributed by atoms with van der Waals surface area (Å²) in [5.41, 5.74) is 0. The van der Waals surface area contributed by atoms with Crippen molar-refractivity contribution in [2.24, 2.45) is 0 Å². The molecular formula is C27H22O2. The average Bonchev–Trinajstić information content (AvgIpc) is 3.39. The monoisotopic (exact) mass is 378 g/mol. The molecule has 142 valence electrons. The third-order valence-electron chi connectivity index (χ3n) is 5.41. The molecule has 2 aliphatic rings. The third kappa shape index (κ3) is 3.38. The van der Waals surface area contributed by atoms with Gasteiger partial charge in [0.1, 0.15) is 0 Å². The minimum absolute atomic E-state index is 0.778. The maximum absolute atomic E-state index is 4.44. The van der Waals surface area contributed by atoms with E-state index in [0.717, 1.165) is 19.6 Å². The Morgan fingerprint density at radius 2 is 0.552 bits per heavy atom. The van der Waals surface area contributed by atoms with Gasteiger partial charge < -0.3 is 0 Å². The van der Waals surface area contributed by atoms with Crippen LogP contribution in [0.15, 0.2) is 97.1 Å². The third-order valence-corrected chi connectivity index (χ3v) is 5.41. The highest BCUT2D eigenvalue weighted by Crippen LogP contribution is 2.12. The highest BCUT2D eigenvalue weighted by Gasteiger charge is 1.99. The lowest BCUT2D eigenvalue weighted by molar-refractivity contribution is -0.248. The van der Waals surface area contributed by atoms with Gasteiger partial charge in [-0.3, -0.25) is 0 Å². The van der Waals surface area contributed by atoms with Crippen LogP contribution >= 0.6 is 0 Å². The molecule has 1 heterocycles. The Kier molecular flexibility index (Phi) is 4.95. The van der Waals surface area contributed by atoms with Gasteiger partial charge in [-0.25, -0.2) is 9.78 Å². The molecule has 0 unspecified atom stereocenters. The Morgan fingerprint density at radius 3 is 0.690 bits per heavy atom. The summed E-state index contributed by atoms with van der Waals surface area (Å²) >= 11 is 0. The van der Waals surface area contributed by atoms with Gasteiger partial charge in [0, 0.05) is 6.42 Å². The number of hydrogen-bond donors (Lipinski definition) is 0. The summed E-state index contributed by atoms with van der Waals surface area (Å²) in [6.45, 7) is 1.56. The van der Waals surface area contributed by atoms with Gasteiger partial charge in [-0.05, 0) is 41.7 Å². The van der Waals surface area contributed by atoms with Gasteiger partial charge in [0.25, 0.3) is 0 Å². The van der Waals surface area contributed by atoms with Crippen LogP contribution in [0.5, 0.6) is 0 Å². The van der Waals surface area contributed by atoms with Gasteiger partial charge in [-0.15, -0.1) is 0 Å². The van der Waals surface area contributed by atoms with Crippen LogP contribution in [-0.2, 0) is 9.78 Å². The molecule has 6 rings (SSSR count). The van der Waals surface area contributed by atoms with Gasteiger partial charge >= 0.3 is 0 Å². The summed E-state index contributed by atoms with van der Waals surface area (Å²) in [6, 6.07) is 34.9. The first-order valence-electron chi connectivity index (χ1n) is 10.1. The standard InChI is InChI=1S/C24H16.C3H6O2/c1-2-10-18-17(9-1)19-11-3-4-13-21(19)23-15-7-8-16-24(23)22-14-6-5-12-20(18)22;1-2-4-5-3-1/h1-16H;1-3H2. The first-order chi connectivity index (χ1) is 14.4. The molecule has 1 fully saturated rings. The van der Waals surface area contributed by atoms with E-state index in [9.17, 15) is 0 Å². The average molecular weight is 378 g/mol. The topological polar surface area (TPSA) is 18.5 Å². The van der Waals surface area contributed by atoms with Crippen molar-refractivity contribution in [3.05, 3.63) is 139 Å². The van der Waals surface area contributed by atoms with Crippen molar-refractivity contribution < 1.29 is 9.78 Å². The zero-order chi connectivity index (χ0) is 19.5. The smallest absolute Gasteiger partial charge is 0.0845 e. The summed E-state index contributed by atoms with van der Waals surface area (Å²) in [5.74, 6) is 0. The van der Waals surface area contributed by atoms with Crippen molar-refractivity contribution in [1.29, 1.82) is 0 Å². The number of hydrogen-bond acceptors (Lipinski definition) is 2. The van der Waals surface area contributed by atoms with E-state index < -0.39 is 0 Å². The second-order valence-electron chi connectivity index (χ2n) is 7.18. The summed E-state index contributed by atoms with van der Waals surface area (Å²) in [4.78, 5) is 8.89. The van der Waals surface area contributed by atoms with Crippen LogP contribution in [-0.4, -0.2) is 13.2 Å². The maximum Gasteiger partial charge on any atom is 0.0845 e. The van der Waals surface area contributed by atoms with Gasteiger partial charge in [0.05, 0.1) is 13.2 Å². The fourth-order valence-corrected chi connectivity index (χ4v) is 4.11. The van der Waals surface area contributed by atoms with E-state index in [2.05, 4.69) is 107 Å². The zero-order valence-electron chi connectivity index (χ0n) is 16.2. The molecule has 0 saturated carbocycles. The molecule has 0 N–H and O–H groups in total. The number of rotatable bonds is 0. The van der Waals surface area contributed by atoms with Crippen molar-refractivity contribution in [1.82, 2.24) is 0 Å². The molecule has 4 aromatic rings. The zero-order valence-corrected chi connectivity index (χ0v) is 16.2. The molecule has 1 saturated heterocycles. The fraction of sp³-hybridized carbons (Fsp3) is 0.111. The van der Waals surface area contributed by atoms with Crippen molar-refractivity contribution in [2.75, 3.05) is 13.2 Å². The molecule has 2 heteroatoms. The van der Waals surface area contributed by atoms with E-state index in [1.54, 1.807) is 0 Å². The molecule has 0 amide bonds. The van der Waals surface area contributed by atoms with E-state index >= 15 is 0 Å². The molecular weight excluding hydrogens is 356 g/mol. The van der Waals surface area contributed by atoms with Crippen LogP contribution in [0.25, 0.3) is 0 Å². The molecule has 2 nitrogen and oxygen atoms in total. The molecule has 0 spiro atoms. The van der Waals surface area contributed by atoms with Crippen LogP contribution in [0.4, 0.5) is 0 Å². The molecule has 1 aliphatic heterocycles. The lowest BCUT2D eigenvalue weighted by Crippen LogP contribution is -1.88. The predicted molar refractivity (Wildman–Crippen MR) is 113 cm³/mol. The first-order valence-corrected chi connectivity index (χ1v) is 10.1. The molecule has 29 heavy (non-hydrogen) atoms. The minimum atomic E-state index is 0.778. The highest BCUT2D eigenvalue weighted by molar-refractivity contribution is 5.29. The Morgan fingerprint density at radius 1 is 0.345 bits per heavy atom. The largest absolute Gasteiger partial charge is 0.237 e. The predicted octanol–water partition coefficient (Wildman–Crippen LogP) is 5.49. The lowest BCUT2D eigenvalue weighted by Gasteiger charge is -2.02. The van der Waals surface area contributed by atoms with Gasteiger partial charge in [0.2, 0.25) is 0 Å². The van der Waals surface area contributed by atoms with E-state index in [1.807, 2.05) is 0 Å². The Labute approximate surface area is 168 Å². The molecule has 0 bridgehead atoms. The molecule has 1 aliphatic carbocycles. The Bertz CT molecular complexity index is 1150. The summed E-state index contributed by atoms with van der Waals surface area (Å²) in [6.07, 6.45) is 1.06.